The molecule has 0 saturated heterocycles. The molecule has 0 saturated carbocycles. The molecule has 0 unspecified atom stereocenters. The van der Waals surface area contributed by atoms with Gasteiger partial charge in [-0.15, -0.1) is 0 Å². The van der Waals surface area contributed by atoms with Gasteiger partial charge in [0.05, 0.1) is 0 Å². The summed E-state index contributed by atoms with van der Waals surface area (Å²) in [6.07, 6.45) is 1.68. The van der Waals surface area contributed by atoms with Crippen molar-refractivity contribution in [3.63, 3.8) is 0 Å². The van der Waals surface area contributed by atoms with Gasteiger partial charge in [0, 0.05) is 6.54 Å². The quantitative estimate of drug-likeness (QED) is 0.715. The van der Waals surface area contributed by atoms with Crippen molar-refractivity contribution in [3.05, 3.63) is 78.4 Å². The van der Waals surface area contributed by atoms with Gasteiger partial charge in [0.15, 0.2) is 0 Å². The molecular formula is C20H23N3O3. The van der Waals surface area contributed by atoms with Crippen LogP contribution in [0.3, 0.4) is 0 Å². The molecule has 0 bridgehead atoms. The number of nitrogens with one attached hydrogen (secondary N) is 1. The van der Waals surface area contributed by atoms with Crippen LogP contribution in [-0.4, -0.2) is 30.5 Å². The second kappa shape index (κ2) is 9.39. The Bertz CT molecular complexity index is 745. The van der Waals surface area contributed by atoms with E-state index in [0.29, 0.717) is 13.2 Å². The molecule has 0 spiro atoms. The summed E-state index contributed by atoms with van der Waals surface area (Å²) < 4.78 is 5.47. The van der Waals surface area contributed by atoms with Gasteiger partial charge in [-0.2, -0.15) is 0 Å². The molecule has 136 valence electrons. The first-order valence-electron chi connectivity index (χ1n) is 8.19. The minimum Gasteiger partial charge on any atom is -0.490 e. The molecule has 0 aromatic heterocycles. The van der Waals surface area contributed by atoms with Gasteiger partial charge in [0.1, 0.15) is 18.4 Å². The SMILES string of the molecule is C=CCOc1ccc(CN(C)[C@@H](C(=O)NC(N)=O)c2ccccc2)cc1. The van der Waals surface area contributed by atoms with Gasteiger partial charge in [0.25, 0.3) is 0 Å². The molecule has 0 aliphatic heterocycles. The third kappa shape index (κ3) is 5.46. The second-order valence-electron chi connectivity index (χ2n) is 5.83. The lowest BCUT2D eigenvalue weighted by Gasteiger charge is -2.27. The summed E-state index contributed by atoms with van der Waals surface area (Å²) in [5.74, 6) is 0.291. The number of benzene rings is 2. The number of imide groups is 1. The summed E-state index contributed by atoms with van der Waals surface area (Å²) in [7, 11) is 1.82. The van der Waals surface area contributed by atoms with E-state index in [1.165, 1.54) is 0 Å². The molecule has 0 aliphatic rings. The van der Waals surface area contributed by atoms with E-state index in [4.69, 9.17) is 10.5 Å². The Labute approximate surface area is 153 Å². The van der Waals surface area contributed by atoms with Gasteiger partial charge in [-0.05, 0) is 30.3 Å². The Morgan fingerprint density at radius 1 is 1.19 bits per heavy atom. The molecule has 26 heavy (non-hydrogen) atoms. The minimum atomic E-state index is -0.868. The van der Waals surface area contributed by atoms with Crippen LogP contribution >= 0.6 is 0 Å². The first-order valence-corrected chi connectivity index (χ1v) is 8.19. The third-order valence-corrected chi connectivity index (χ3v) is 3.77. The van der Waals surface area contributed by atoms with E-state index in [2.05, 4.69) is 11.9 Å². The summed E-state index contributed by atoms with van der Waals surface area (Å²) in [4.78, 5) is 25.4. The van der Waals surface area contributed by atoms with E-state index in [9.17, 15) is 9.59 Å². The minimum absolute atomic E-state index is 0.447. The lowest BCUT2D eigenvalue weighted by molar-refractivity contribution is -0.125. The zero-order valence-corrected chi connectivity index (χ0v) is 14.7. The number of urea groups is 1. The lowest BCUT2D eigenvalue weighted by Crippen LogP contribution is -2.43. The van der Waals surface area contributed by atoms with Crippen molar-refractivity contribution in [2.45, 2.75) is 12.6 Å². The third-order valence-electron chi connectivity index (χ3n) is 3.77. The maximum Gasteiger partial charge on any atom is 0.318 e. The van der Waals surface area contributed by atoms with Crippen LogP contribution in [0.5, 0.6) is 5.75 Å². The number of nitrogens with zero attached hydrogens (tertiary/aromatic N) is 1. The molecule has 0 aliphatic carbocycles. The van der Waals surface area contributed by atoms with Crippen molar-refractivity contribution in [1.29, 1.82) is 0 Å². The van der Waals surface area contributed by atoms with E-state index in [1.54, 1.807) is 6.08 Å². The molecule has 3 amide bonds. The van der Waals surface area contributed by atoms with Crippen molar-refractivity contribution < 1.29 is 14.3 Å². The monoisotopic (exact) mass is 353 g/mol. The van der Waals surface area contributed by atoms with Crippen molar-refractivity contribution >= 4 is 11.9 Å². The first-order chi connectivity index (χ1) is 12.5. The van der Waals surface area contributed by atoms with Gasteiger partial charge >= 0.3 is 6.03 Å². The number of ether oxygens (including phenoxy) is 1. The molecule has 1 atom stereocenters. The van der Waals surface area contributed by atoms with E-state index >= 15 is 0 Å². The van der Waals surface area contributed by atoms with Crippen LogP contribution in [0.25, 0.3) is 0 Å². The highest BCUT2D eigenvalue weighted by Gasteiger charge is 2.26. The van der Waals surface area contributed by atoms with Crippen LogP contribution < -0.4 is 15.8 Å². The van der Waals surface area contributed by atoms with Crippen molar-refractivity contribution in [1.82, 2.24) is 10.2 Å². The van der Waals surface area contributed by atoms with Crippen molar-refractivity contribution in [2.24, 2.45) is 5.73 Å². The molecule has 2 aromatic carbocycles. The summed E-state index contributed by atoms with van der Waals surface area (Å²) >= 11 is 0. The molecule has 2 rings (SSSR count). The van der Waals surface area contributed by atoms with Crippen LogP contribution in [0.2, 0.25) is 0 Å². The van der Waals surface area contributed by atoms with Crippen LogP contribution in [0, 0.1) is 0 Å². The predicted octanol–water partition coefficient (Wildman–Crippen LogP) is 2.62. The molecular weight excluding hydrogens is 330 g/mol. The highest BCUT2D eigenvalue weighted by molar-refractivity contribution is 5.96. The smallest absolute Gasteiger partial charge is 0.318 e. The van der Waals surface area contributed by atoms with E-state index in [-0.39, 0.29) is 0 Å². The molecule has 2 aromatic rings. The fourth-order valence-corrected chi connectivity index (χ4v) is 2.66. The highest BCUT2D eigenvalue weighted by Crippen LogP contribution is 2.22. The number of amides is 3. The van der Waals surface area contributed by atoms with Gasteiger partial charge in [-0.1, -0.05) is 55.1 Å². The van der Waals surface area contributed by atoms with Gasteiger partial charge < -0.3 is 10.5 Å². The molecule has 3 N–H and O–H groups in total. The molecule has 0 radical (unpaired) electrons. The summed E-state index contributed by atoms with van der Waals surface area (Å²) in [5.41, 5.74) is 6.89. The van der Waals surface area contributed by atoms with E-state index in [1.807, 2.05) is 66.5 Å². The number of likely N-dealkylation sites (N-methyl/N-ethyl adjacent to an activating group) is 1. The standard InChI is InChI=1S/C20H23N3O3/c1-3-13-26-17-11-9-15(10-12-17)14-23(2)18(19(24)22-20(21)25)16-7-5-4-6-8-16/h3-12,18H,1,13-14H2,2H3,(H3,21,22,24,25)/t18-/m1/s1. The number of carbonyl (C=O) groups excluding carboxylic acids is 2. The predicted molar refractivity (Wildman–Crippen MR) is 101 cm³/mol. The lowest BCUT2D eigenvalue weighted by atomic mass is 10.0. The number of hydrogen-bond donors (Lipinski definition) is 2. The average Bonchev–Trinajstić information content (AvgIpc) is 2.61. The molecule has 6 nitrogen and oxygen atoms in total. The average molecular weight is 353 g/mol. The highest BCUT2D eigenvalue weighted by atomic mass is 16.5. The fourth-order valence-electron chi connectivity index (χ4n) is 2.66. The van der Waals surface area contributed by atoms with Crippen LogP contribution in [0.1, 0.15) is 17.2 Å². The van der Waals surface area contributed by atoms with E-state index < -0.39 is 18.0 Å². The molecule has 6 heteroatoms. The Balaban J connectivity index is 2.15. The number of rotatable bonds is 8. The Morgan fingerprint density at radius 2 is 1.85 bits per heavy atom. The Hall–Kier alpha value is -3.12. The number of carbonyl (C=O) groups is 2. The van der Waals surface area contributed by atoms with Crippen LogP contribution in [0.15, 0.2) is 67.3 Å². The Morgan fingerprint density at radius 3 is 2.42 bits per heavy atom. The normalized spacial score (nSPS) is 11.6. The fraction of sp³-hybridized carbons (Fsp3) is 0.200. The first kappa shape index (κ1) is 19.2. The number of nitrogens with two attached hydrogens (primary N) is 1. The summed E-state index contributed by atoms with van der Waals surface area (Å²) in [6, 6.07) is 15.3. The largest absolute Gasteiger partial charge is 0.490 e. The number of hydrogen-bond acceptors (Lipinski definition) is 4. The maximum absolute atomic E-state index is 12.5. The van der Waals surface area contributed by atoms with Crippen LogP contribution in [0.4, 0.5) is 4.79 Å². The summed E-state index contributed by atoms with van der Waals surface area (Å²) in [5, 5.41) is 2.17. The maximum atomic E-state index is 12.5. The second-order valence-corrected chi connectivity index (χ2v) is 5.83. The van der Waals surface area contributed by atoms with Gasteiger partial charge in [0.2, 0.25) is 5.91 Å². The van der Waals surface area contributed by atoms with E-state index in [0.717, 1.165) is 16.9 Å². The number of primary amides is 1. The Kier molecular flexibility index (Phi) is 6.93. The zero-order valence-electron chi connectivity index (χ0n) is 14.7. The zero-order chi connectivity index (χ0) is 18.9. The molecule has 0 fully saturated rings. The van der Waals surface area contributed by atoms with Crippen molar-refractivity contribution in [3.8, 4) is 5.75 Å². The summed E-state index contributed by atoms with van der Waals surface area (Å²) in [6.45, 7) is 4.57. The topological polar surface area (TPSA) is 84.7 Å². The molecule has 0 heterocycles. The van der Waals surface area contributed by atoms with Gasteiger partial charge in [-0.25, -0.2) is 4.79 Å². The van der Waals surface area contributed by atoms with Gasteiger partial charge in [-0.3, -0.25) is 15.0 Å². The van der Waals surface area contributed by atoms with Crippen molar-refractivity contribution in [2.75, 3.05) is 13.7 Å². The van der Waals surface area contributed by atoms with Crippen LogP contribution in [-0.2, 0) is 11.3 Å².